The van der Waals surface area contributed by atoms with Crippen molar-refractivity contribution in [1.29, 1.82) is 0 Å². The van der Waals surface area contributed by atoms with E-state index in [0.29, 0.717) is 16.3 Å². The van der Waals surface area contributed by atoms with Crippen molar-refractivity contribution >= 4 is 52.9 Å². The minimum Gasteiger partial charge on any atom is -0.493 e. The molecule has 0 unspecified atom stereocenters. The molecule has 0 spiro atoms. The normalized spacial score (nSPS) is 10.6. The van der Waals surface area contributed by atoms with E-state index in [9.17, 15) is 14.4 Å². The lowest BCUT2D eigenvalue weighted by atomic mass is 10.2. The van der Waals surface area contributed by atoms with E-state index in [2.05, 4.69) is 15.8 Å². The number of nitrogens with one attached hydrogen (secondary N) is 2. The van der Waals surface area contributed by atoms with Crippen LogP contribution < -0.4 is 20.2 Å². The molecule has 0 aliphatic rings. The fourth-order valence-electron chi connectivity index (χ4n) is 2.67. The topological polar surface area (TPSA) is 106 Å². The van der Waals surface area contributed by atoms with Gasteiger partial charge in [0, 0.05) is 5.69 Å². The number of rotatable bonds is 6. The lowest BCUT2D eigenvalue weighted by molar-refractivity contribution is -0.136. The zero-order valence-electron chi connectivity index (χ0n) is 18.1. The highest BCUT2D eigenvalue weighted by molar-refractivity contribution is 6.42. The van der Waals surface area contributed by atoms with Crippen molar-refractivity contribution < 1.29 is 23.9 Å². The summed E-state index contributed by atoms with van der Waals surface area (Å²) in [7, 11) is 1.41. The molecule has 0 atom stereocenters. The maximum absolute atomic E-state index is 12.4. The number of ether oxygens (including phenoxy) is 2. The van der Waals surface area contributed by atoms with E-state index in [1.807, 2.05) is 19.1 Å². The molecule has 0 radical (unpaired) electrons. The third-order valence-corrected chi connectivity index (χ3v) is 5.18. The predicted octanol–water partition coefficient (Wildman–Crippen LogP) is 4.62. The van der Waals surface area contributed by atoms with Crippen molar-refractivity contribution in [3.63, 3.8) is 0 Å². The molecule has 0 bridgehead atoms. The summed E-state index contributed by atoms with van der Waals surface area (Å²) in [6, 6.07) is 16.0. The summed E-state index contributed by atoms with van der Waals surface area (Å²) in [6.07, 6.45) is 1.31. The van der Waals surface area contributed by atoms with Crippen LogP contribution in [0.4, 0.5) is 5.69 Å². The SMILES string of the molecule is COc1cc(/C=N/NC(=O)C(=O)Nc2ccc(C)cc2)ccc1OC(=O)c1ccc(Cl)c(Cl)c1. The fraction of sp³-hybridized carbons (Fsp3) is 0.0833. The molecule has 3 aromatic carbocycles. The molecule has 0 fully saturated rings. The fourth-order valence-corrected chi connectivity index (χ4v) is 2.97. The summed E-state index contributed by atoms with van der Waals surface area (Å²) in [5.41, 5.74) is 4.40. The molecule has 34 heavy (non-hydrogen) atoms. The van der Waals surface area contributed by atoms with Gasteiger partial charge in [-0.3, -0.25) is 9.59 Å². The molecule has 3 aromatic rings. The van der Waals surface area contributed by atoms with E-state index >= 15 is 0 Å². The molecular formula is C24H19Cl2N3O5. The van der Waals surface area contributed by atoms with Gasteiger partial charge >= 0.3 is 17.8 Å². The monoisotopic (exact) mass is 499 g/mol. The second-order valence-corrected chi connectivity index (χ2v) is 7.76. The first-order valence-electron chi connectivity index (χ1n) is 9.83. The Bertz CT molecular complexity index is 1260. The van der Waals surface area contributed by atoms with Crippen LogP contribution in [0.25, 0.3) is 0 Å². The number of benzene rings is 3. The molecule has 0 saturated carbocycles. The van der Waals surface area contributed by atoms with Crippen LogP contribution in [0.1, 0.15) is 21.5 Å². The van der Waals surface area contributed by atoms with Crippen molar-refractivity contribution in [1.82, 2.24) is 5.43 Å². The average molecular weight is 500 g/mol. The van der Waals surface area contributed by atoms with Crippen LogP contribution in [0.5, 0.6) is 11.5 Å². The summed E-state index contributed by atoms with van der Waals surface area (Å²) >= 11 is 11.8. The van der Waals surface area contributed by atoms with Crippen LogP contribution in [0.3, 0.4) is 0 Å². The van der Waals surface area contributed by atoms with Gasteiger partial charge in [-0.15, -0.1) is 0 Å². The third kappa shape index (κ3) is 6.57. The molecule has 0 aliphatic heterocycles. The Labute approximate surface area is 205 Å². The molecule has 0 aromatic heterocycles. The molecular weight excluding hydrogens is 481 g/mol. The zero-order valence-corrected chi connectivity index (χ0v) is 19.6. The van der Waals surface area contributed by atoms with Crippen LogP contribution in [0, 0.1) is 6.92 Å². The number of hydrogen-bond donors (Lipinski definition) is 2. The van der Waals surface area contributed by atoms with Gasteiger partial charge < -0.3 is 14.8 Å². The van der Waals surface area contributed by atoms with E-state index in [0.717, 1.165) is 5.56 Å². The van der Waals surface area contributed by atoms with Gasteiger partial charge in [-0.1, -0.05) is 40.9 Å². The van der Waals surface area contributed by atoms with Gasteiger partial charge in [-0.25, -0.2) is 10.2 Å². The maximum atomic E-state index is 12.4. The standard InChI is InChI=1S/C24H19Cl2N3O5/c1-14-3-7-17(8-4-14)28-22(30)23(31)29-27-13-15-5-10-20(21(11-15)33-2)34-24(32)16-6-9-18(25)19(26)12-16/h3-13H,1-2H3,(H,28,30)(H,29,31)/b27-13+. The summed E-state index contributed by atoms with van der Waals surface area (Å²) < 4.78 is 10.6. The molecule has 174 valence electrons. The van der Waals surface area contributed by atoms with Crippen LogP contribution >= 0.6 is 23.2 Å². The van der Waals surface area contributed by atoms with E-state index in [1.54, 1.807) is 24.3 Å². The van der Waals surface area contributed by atoms with E-state index in [4.69, 9.17) is 32.7 Å². The third-order valence-electron chi connectivity index (χ3n) is 4.44. The molecule has 0 saturated heterocycles. The van der Waals surface area contributed by atoms with Crippen molar-refractivity contribution in [3.05, 3.63) is 87.4 Å². The van der Waals surface area contributed by atoms with Crippen LogP contribution in [-0.2, 0) is 9.59 Å². The highest BCUT2D eigenvalue weighted by Gasteiger charge is 2.15. The summed E-state index contributed by atoms with van der Waals surface area (Å²) in [5, 5.41) is 6.79. The molecule has 2 amide bonds. The highest BCUT2D eigenvalue weighted by atomic mass is 35.5. The number of carbonyl (C=O) groups is 3. The minimum atomic E-state index is -0.934. The van der Waals surface area contributed by atoms with E-state index in [-0.39, 0.29) is 22.1 Å². The van der Waals surface area contributed by atoms with Gasteiger partial charge in [0.2, 0.25) is 0 Å². The van der Waals surface area contributed by atoms with Gasteiger partial charge in [-0.2, -0.15) is 5.10 Å². The van der Waals surface area contributed by atoms with Gasteiger partial charge in [0.05, 0.1) is 28.9 Å². The summed E-state index contributed by atoms with van der Waals surface area (Å²) in [6.45, 7) is 1.91. The largest absolute Gasteiger partial charge is 0.493 e. The lowest BCUT2D eigenvalue weighted by Crippen LogP contribution is -2.32. The van der Waals surface area contributed by atoms with E-state index < -0.39 is 17.8 Å². The number of halogens is 2. The number of carbonyl (C=O) groups excluding carboxylic acids is 3. The number of nitrogens with zero attached hydrogens (tertiary/aromatic N) is 1. The predicted molar refractivity (Wildman–Crippen MR) is 130 cm³/mol. The van der Waals surface area contributed by atoms with Gasteiger partial charge in [-0.05, 0) is 61.0 Å². The Morgan fingerprint density at radius 1 is 0.882 bits per heavy atom. The molecule has 3 rings (SSSR count). The van der Waals surface area contributed by atoms with Gasteiger partial charge in [0.15, 0.2) is 11.5 Å². The quantitative estimate of drug-likeness (QED) is 0.169. The van der Waals surface area contributed by atoms with Crippen LogP contribution in [0.15, 0.2) is 65.8 Å². The Morgan fingerprint density at radius 2 is 1.62 bits per heavy atom. The number of methoxy groups -OCH3 is 1. The van der Waals surface area contributed by atoms with Crippen molar-refractivity contribution in [2.24, 2.45) is 5.10 Å². The minimum absolute atomic E-state index is 0.164. The Kier molecular flexibility index (Phi) is 8.24. The van der Waals surface area contributed by atoms with Crippen LogP contribution in [-0.4, -0.2) is 31.1 Å². The summed E-state index contributed by atoms with van der Waals surface area (Å²) in [5.74, 6) is -2.03. The van der Waals surface area contributed by atoms with Crippen molar-refractivity contribution in [2.75, 3.05) is 12.4 Å². The highest BCUT2D eigenvalue weighted by Crippen LogP contribution is 2.29. The number of aryl methyl sites for hydroxylation is 1. The number of hydrogen-bond acceptors (Lipinski definition) is 6. The molecule has 0 aliphatic carbocycles. The number of hydrazone groups is 1. The second kappa shape index (κ2) is 11.3. The van der Waals surface area contributed by atoms with Gasteiger partial charge in [0.25, 0.3) is 0 Å². The zero-order chi connectivity index (χ0) is 24.7. The Morgan fingerprint density at radius 3 is 2.29 bits per heavy atom. The first kappa shape index (κ1) is 24.8. The van der Waals surface area contributed by atoms with Crippen molar-refractivity contribution in [2.45, 2.75) is 6.92 Å². The van der Waals surface area contributed by atoms with Crippen molar-refractivity contribution in [3.8, 4) is 11.5 Å². The Balaban J connectivity index is 1.61. The Hall–Kier alpha value is -3.88. The average Bonchev–Trinajstić information content (AvgIpc) is 2.82. The smallest absolute Gasteiger partial charge is 0.343 e. The maximum Gasteiger partial charge on any atom is 0.343 e. The number of amides is 2. The first-order valence-corrected chi connectivity index (χ1v) is 10.6. The molecule has 8 nitrogen and oxygen atoms in total. The number of anilines is 1. The summed E-state index contributed by atoms with van der Waals surface area (Å²) in [4.78, 5) is 36.3. The van der Waals surface area contributed by atoms with Gasteiger partial charge in [0.1, 0.15) is 0 Å². The molecule has 2 N–H and O–H groups in total. The lowest BCUT2D eigenvalue weighted by Gasteiger charge is -2.10. The van der Waals surface area contributed by atoms with E-state index in [1.165, 1.54) is 37.6 Å². The number of esters is 1. The van der Waals surface area contributed by atoms with Crippen LogP contribution in [0.2, 0.25) is 10.0 Å². The molecule has 10 heteroatoms. The molecule has 0 heterocycles. The first-order chi connectivity index (χ1) is 16.3. The second-order valence-electron chi connectivity index (χ2n) is 6.95.